The van der Waals surface area contributed by atoms with E-state index in [4.69, 9.17) is 0 Å². The largest absolute Gasteiger partial charge is 0.507 e. The molecule has 3 heteroatoms. The van der Waals surface area contributed by atoms with Crippen LogP contribution < -0.4 is 0 Å². The highest BCUT2D eigenvalue weighted by molar-refractivity contribution is 14.1. The van der Waals surface area contributed by atoms with Crippen molar-refractivity contribution in [2.24, 2.45) is 0 Å². The molecule has 2 rings (SSSR count). The van der Waals surface area contributed by atoms with Gasteiger partial charge in [0, 0.05) is 10.3 Å². The molecule has 0 atom stereocenters. The summed E-state index contributed by atoms with van der Waals surface area (Å²) in [5.74, 6) is 1.05. The molecular weight excluding hydrogens is 399 g/mol. The maximum absolute atomic E-state index is 10.2. The van der Waals surface area contributed by atoms with Crippen LogP contribution in [-0.2, 0) is 0 Å². The average molecular weight is 424 g/mol. The number of benzene rings is 2. The molecule has 0 unspecified atom stereocenters. The Morgan fingerprint density at radius 1 is 0.739 bits per heavy atom. The molecule has 0 bridgehead atoms. The molecule has 2 nitrogen and oxygen atoms in total. The van der Waals surface area contributed by atoms with E-state index < -0.39 is 0 Å². The summed E-state index contributed by atoms with van der Waals surface area (Å²) >= 11 is 2.43. The van der Waals surface area contributed by atoms with Gasteiger partial charge in [-0.2, -0.15) is 0 Å². The number of alkyl halides is 1. The summed E-state index contributed by atoms with van der Waals surface area (Å²) in [6.07, 6.45) is 0. The fourth-order valence-electron chi connectivity index (χ4n) is 3.26. The number of phenols is 2. The molecule has 2 aromatic carbocycles. The van der Waals surface area contributed by atoms with Crippen LogP contribution in [0.1, 0.15) is 50.4 Å². The van der Waals surface area contributed by atoms with Gasteiger partial charge in [-0.15, -0.1) is 0 Å². The molecule has 23 heavy (non-hydrogen) atoms. The van der Waals surface area contributed by atoms with E-state index in [-0.39, 0.29) is 5.92 Å². The van der Waals surface area contributed by atoms with Crippen molar-refractivity contribution in [1.29, 1.82) is 0 Å². The third-order valence-electron chi connectivity index (χ3n) is 5.10. The quantitative estimate of drug-likeness (QED) is 0.504. The molecule has 0 saturated carbocycles. The molecule has 0 saturated heterocycles. The molecule has 124 valence electrons. The lowest BCUT2D eigenvalue weighted by molar-refractivity contribution is 0.465. The number of phenolic OH excluding ortho intramolecular Hbond substituents is 2. The Morgan fingerprint density at radius 2 is 1.09 bits per heavy atom. The summed E-state index contributed by atoms with van der Waals surface area (Å²) in [5, 5.41) is 20.4. The summed E-state index contributed by atoms with van der Waals surface area (Å²) in [7, 11) is 0. The Morgan fingerprint density at radius 3 is 1.39 bits per heavy atom. The van der Waals surface area contributed by atoms with E-state index in [0.29, 0.717) is 11.5 Å². The molecule has 0 aromatic heterocycles. The predicted molar refractivity (Wildman–Crippen MR) is 105 cm³/mol. The fraction of sp³-hybridized carbons (Fsp3) is 0.400. The average Bonchev–Trinajstić information content (AvgIpc) is 2.53. The predicted octanol–water partition coefficient (Wildman–Crippen LogP) is 5.52. The van der Waals surface area contributed by atoms with E-state index in [2.05, 4.69) is 48.6 Å². The van der Waals surface area contributed by atoms with Crippen LogP contribution in [0.25, 0.3) is 0 Å². The minimum absolute atomic E-state index is 0.256. The Bertz CT molecular complexity index is 700. The zero-order valence-corrected chi connectivity index (χ0v) is 16.9. The van der Waals surface area contributed by atoms with Crippen molar-refractivity contribution in [2.45, 2.75) is 47.5 Å². The Balaban J connectivity index is 2.72. The highest BCUT2D eigenvalue weighted by Gasteiger charge is 2.22. The Hall–Kier alpha value is -1.23. The summed E-state index contributed by atoms with van der Waals surface area (Å²) in [6, 6.07) is 4.22. The lowest BCUT2D eigenvalue weighted by Crippen LogP contribution is -2.09. The maximum atomic E-state index is 10.2. The van der Waals surface area contributed by atoms with Gasteiger partial charge in [0.25, 0.3) is 0 Å². The molecule has 0 radical (unpaired) electrons. The number of halogens is 1. The molecule has 2 N–H and O–H groups in total. The highest BCUT2D eigenvalue weighted by Crippen LogP contribution is 2.39. The fourth-order valence-corrected chi connectivity index (χ4v) is 4.21. The van der Waals surface area contributed by atoms with Gasteiger partial charge >= 0.3 is 0 Å². The van der Waals surface area contributed by atoms with E-state index in [1.165, 1.54) is 11.1 Å². The minimum atomic E-state index is 0.256. The Labute approximate surface area is 152 Å². The van der Waals surface area contributed by atoms with Gasteiger partial charge in [0.05, 0.1) is 0 Å². The topological polar surface area (TPSA) is 40.5 Å². The van der Waals surface area contributed by atoms with Crippen LogP contribution in [0.15, 0.2) is 12.1 Å². The van der Waals surface area contributed by atoms with Gasteiger partial charge in [-0.25, -0.2) is 0 Å². The van der Waals surface area contributed by atoms with Gasteiger partial charge in [0.15, 0.2) is 0 Å². The zero-order chi connectivity index (χ0) is 17.5. The van der Waals surface area contributed by atoms with Crippen LogP contribution in [0.3, 0.4) is 0 Å². The minimum Gasteiger partial charge on any atom is -0.507 e. The number of aromatic hydroxyl groups is 2. The SMILES string of the molecule is Cc1cc(C(CI)c2cc(C)c(O)c(C)c2C)c(C)c(C)c1O. The smallest absolute Gasteiger partial charge is 0.121 e. The van der Waals surface area contributed by atoms with Crippen molar-refractivity contribution in [3.8, 4) is 11.5 Å². The molecule has 2 aromatic rings. The molecule has 0 aliphatic rings. The van der Waals surface area contributed by atoms with Crippen molar-refractivity contribution in [3.63, 3.8) is 0 Å². The summed E-state index contributed by atoms with van der Waals surface area (Å²) in [4.78, 5) is 0. The number of hydrogen-bond donors (Lipinski definition) is 2. The lowest BCUT2D eigenvalue weighted by atomic mass is 9.83. The standard InChI is InChI=1S/C20H25IO2/c1-10-7-16(12(3)14(5)19(10)22)18(9-21)17-8-11(2)20(23)15(6)13(17)4/h7-8,18,22-23H,9H2,1-6H3. The van der Waals surface area contributed by atoms with E-state index in [9.17, 15) is 10.2 Å². The number of hydrogen-bond acceptors (Lipinski definition) is 2. The van der Waals surface area contributed by atoms with Crippen LogP contribution in [0, 0.1) is 41.5 Å². The number of rotatable bonds is 3. The molecule has 0 fully saturated rings. The van der Waals surface area contributed by atoms with Crippen molar-refractivity contribution in [2.75, 3.05) is 4.43 Å². The normalized spacial score (nSPS) is 11.3. The highest BCUT2D eigenvalue weighted by atomic mass is 127. The summed E-state index contributed by atoms with van der Waals surface area (Å²) in [6.45, 7) is 12.0. The van der Waals surface area contributed by atoms with Crippen molar-refractivity contribution in [1.82, 2.24) is 0 Å². The Kier molecular flexibility index (Phi) is 5.29. The maximum Gasteiger partial charge on any atom is 0.121 e. The molecule has 0 aliphatic carbocycles. The van der Waals surface area contributed by atoms with E-state index in [1.54, 1.807) is 0 Å². The molecule has 0 amide bonds. The van der Waals surface area contributed by atoms with Crippen molar-refractivity contribution >= 4 is 22.6 Å². The summed E-state index contributed by atoms with van der Waals surface area (Å²) in [5.41, 5.74) is 8.58. The van der Waals surface area contributed by atoms with E-state index in [1.807, 2.05) is 27.7 Å². The first-order chi connectivity index (χ1) is 10.7. The second kappa shape index (κ2) is 6.71. The van der Waals surface area contributed by atoms with Crippen molar-refractivity contribution < 1.29 is 10.2 Å². The van der Waals surface area contributed by atoms with E-state index >= 15 is 0 Å². The molecule has 0 heterocycles. The van der Waals surface area contributed by atoms with Crippen LogP contribution in [-0.4, -0.2) is 14.6 Å². The third kappa shape index (κ3) is 3.08. The van der Waals surface area contributed by atoms with Crippen LogP contribution >= 0.6 is 22.6 Å². The zero-order valence-electron chi connectivity index (χ0n) is 14.7. The summed E-state index contributed by atoms with van der Waals surface area (Å²) < 4.78 is 0.951. The molecule has 0 aliphatic heterocycles. The van der Waals surface area contributed by atoms with Crippen molar-refractivity contribution in [3.05, 3.63) is 56.6 Å². The van der Waals surface area contributed by atoms with Gasteiger partial charge in [-0.05, 0) is 86.1 Å². The van der Waals surface area contributed by atoms with E-state index in [0.717, 1.165) is 37.8 Å². The first-order valence-electron chi connectivity index (χ1n) is 7.85. The van der Waals surface area contributed by atoms with Gasteiger partial charge in [-0.1, -0.05) is 34.7 Å². The van der Waals surface area contributed by atoms with Gasteiger partial charge in [0.1, 0.15) is 11.5 Å². The third-order valence-corrected chi connectivity index (χ3v) is 5.98. The van der Waals surface area contributed by atoms with Crippen LogP contribution in [0.2, 0.25) is 0 Å². The lowest BCUT2D eigenvalue weighted by Gasteiger charge is -2.24. The first kappa shape index (κ1) is 18.1. The second-order valence-corrected chi connectivity index (χ2v) is 7.35. The molecule has 0 spiro atoms. The van der Waals surface area contributed by atoms with Crippen LogP contribution in [0.4, 0.5) is 0 Å². The molecular formula is C20H25IO2. The van der Waals surface area contributed by atoms with Gasteiger partial charge in [-0.3, -0.25) is 0 Å². The second-order valence-electron chi connectivity index (χ2n) is 6.47. The van der Waals surface area contributed by atoms with Gasteiger partial charge < -0.3 is 10.2 Å². The van der Waals surface area contributed by atoms with Crippen LogP contribution in [0.5, 0.6) is 11.5 Å². The number of aryl methyl sites for hydroxylation is 2. The monoisotopic (exact) mass is 424 g/mol. The van der Waals surface area contributed by atoms with Gasteiger partial charge in [0.2, 0.25) is 0 Å². The first-order valence-corrected chi connectivity index (χ1v) is 9.38.